The van der Waals surface area contributed by atoms with Crippen LogP contribution in [0.2, 0.25) is 0 Å². The second-order valence-corrected chi connectivity index (χ2v) is 8.96. The van der Waals surface area contributed by atoms with E-state index in [1.807, 2.05) is 0 Å². The first-order valence-electron chi connectivity index (χ1n) is 11.0. The molecule has 3 atom stereocenters. The van der Waals surface area contributed by atoms with Gasteiger partial charge in [0.1, 0.15) is 24.1 Å². The summed E-state index contributed by atoms with van der Waals surface area (Å²) in [4.78, 5) is 50.0. The number of aliphatic carboxylic acids is 1. The number of Topliss-reactive ketones (excluding diaryl/α,β-unsaturated/α-hetero) is 1. The number of hydrogen-bond donors (Lipinski definition) is 5. The molecule has 1 aliphatic heterocycles. The van der Waals surface area contributed by atoms with Crippen molar-refractivity contribution in [3.63, 3.8) is 0 Å². The summed E-state index contributed by atoms with van der Waals surface area (Å²) in [7, 11) is 0. The number of nitrogens with two attached hydrogens (primary N) is 1. The number of hydrogen-bond acceptors (Lipinski definition) is 9. The molecule has 1 saturated heterocycles. The van der Waals surface area contributed by atoms with Gasteiger partial charge in [0.2, 0.25) is 0 Å². The van der Waals surface area contributed by atoms with Gasteiger partial charge in [0.05, 0.1) is 6.10 Å². The minimum atomic E-state index is -2.69. The molecule has 192 valence electrons. The monoisotopic (exact) mass is 492 g/mol. The molecule has 1 fully saturated rings. The first-order chi connectivity index (χ1) is 16.3. The van der Waals surface area contributed by atoms with E-state index in [9.17, 15) is 24.3 Å². The Morgan fingerprint density at radius 1 is 1.11 bits per heavy atom. The van der Waals surface area contributed by atoms with E-state index < -0.39 is 53.8 Å². The predicted molar refractivity (Wildman–Crippen MR) is 124 cm³/mol. The second-order valence-electron chi connectivity index (χ2n) is 8.96. The van der Waals surface area contributed by atoms with Gasteiger partial charge in [-0.2, -0.15) is 0 Å². The Kier molecular flexibility index (Phi) is 9.07. The standard InChI is InChI=1S/C23H32N4O8/c1-5-17(28)23(21(31)32,27-20(30)14-8-6-13(7-9-14)19(24)25)34-16-11-26-10-15(16)33-12-18(29)35-22(2,3)4/h6-9,15-16,26H,5,10-12H2,1-4H3,(H3,24,25)(H,27,30)(H,31,32). The lowest BCUT2D eigenvalue weighted by molar-refractivity contribution is -0.192. The highest BCUT2D eigenvalue weighted by molar-refractivity contribution is 6.10. The Bertz CT molecular complexity index is 973. The predicted octanol–water partition coefficient (Wildman–Crippen LogP) is 0.176. The summed E-state index contributed by atoms with van der Waals surface area (Å²) in [5, 5.41) is 22.6. The maximum absolute atomic E-state index is 12.9. The summed E-state index contributed by atoms with van der Waals surface area (Å²) in [5.74, 6) is -4.26. The molecular weight excluding hydrogens is 460 g/mol. The van der Waals surface area contributed by atoms with Gasteiger partial charge in [-0.1, -0.05) is 19.1 Å². The first-order valence-corrected chi connectivity index (χ1v) is 11.0. The maximum Gasteiger partial charge on any atom is 0.365 e. The number of ether oxygens (including phenoxy) is 3. The largest absolute Gasteiger partial charge is 0.477 e. The fraction of sp³-hybridized carbons (Fsp3) is 0.522. The van der Waals surface area contributed by atoms with Crippen molar-refractivity contribution in [3.05, 3.63) is 35.4 Å². The molecule has 0 aliphatic carbocycles. The minimum Gasteiger partial charge on any atom is -0.477 e. The molecule has 3 unspecified atom stereocenters. The number of nitrogen functional groups attached to an aromatic ring is 1. The van der Waals surface area contributed by atoms with Crippen molar-refractivity contribution in [2.75, 3.05) is 19.7 Å². The Labute approximate surface area is 203 Å². The van der Waals surface area contributed by atoms with E-state index in [4.69, 9.17) is 25.4 Å². The second kappa shape index (κ2) is 11.4. The van der Waals surface area contributed by atoms with Gasteiger partial charge < -0.3 is 35.7 Å². The van der Waals surface area contributed by atoms with Crippen molar-refractivity contribution in [2.45, 2.75) is 57.6 Å². The number of carbonyl (C=O) groups is 4. The van der Waals surface area contributed by atoms with Crippen LogP contribution in [-0.2, 0) is 28.6 Å². The van der Waals surface area contributed by atoms with Crippen LogP contribution in [0.5, 0.6) is 0 Å². The van der Waals surface area contributed by atoms with E-state index in [2.05, 4.69) is 10.6 Å². The average molecular weight is 493 g/mol. The first kappa shape index (κ1) is 27.9. The molecular formula is C23H32N4O8. The van der Waals surface area contributed by atoms with Crippen molar-refractivity contribution in [2.24, 2.45) is 5.73 Å². The fourth-order valence-electron chi connectivity index (χ4n) is 3.36. The quantitative estimate of drug-likeness (QED) is 0.0936. The molecule has 0 spiro atoms. The van der Waals surface area contributed by atoms with Crippen LogP contribution < -0.4 is 16.4 Å². The van der Waals surface area contributed by atoms with Crippen molar-refractivity contribution >= 4 is 29.5 Å². The molecule has 0 aromatic heterocycles. The summed E-state index contributed by atoms with van der Waals surface area (Å²) in [5.41, 5.74) is 2.43. The molecule has 0 saturated carbocycles. The van der Waals surface area contributed by atoms with Crippen molar-refractivity contribution in [1.29, 1.82) is 5.41 Å². The van der Waals surface area contributed by atoms with E-state index in [0.717, 1.165) is 0 Å². The van der Waals surface area contributed by atoms with Gasteiger partial charge >= 0.3 is 17.7 Å². The topological polar surface area (TPSA) is 190 Å². The number of benzene rings is 1. The smallest absolute Gasteiger partial charge is 0.365 e. The molecule has 2 rings (SSSR count). The van der Waals surface area contributed by atoms with Crippen LogP contribution in [-0.4, -0.2) is 77.8 Å². The van der Waals surface area contributed by atoms with Gasteiger partial charge in [-0.3, -0.25) is 15.0 Å². The zero-order valence-electron chi connectivity index (χ0n) is 20.2. The summed E-state index contributed by atoms with van der Waals surface area (Å²) in [6, 6.07) is 5.53. The van der Waals surface area contributed by atoms with E-state index in [1.165, 1.54) is 31.2 Å². The van der Waals surface area contributed by atoms with Crippen LogP contribution in [0.3, 0.4) is 0 Å². The number of amidine groups is 1. The third-order valence-electron chi connectivity index (χ3n) is 5.03. The van der Waals surface area contributed by atoms with Gasteiger partial charge in [-0.25, -0.2) is 9.59 Å². The number of carboxylic acid groups (broad SMARTS) is 1. The number of rotatable bonds is 11. The molecule has 12 nitrogen and oxygen atoms in total. The fourth-order valence-corrected chi connectivity index (χ4v) is 3.36. The highest BCUT2D eigenvalue weighted by Gasteiger charge is 2.51. The summed E-state index contributed by atoms with van der Waals surface area (Å²) in [6.45, 7) is 6.52. The molecule has 1 aromatic rings. The van der Waals surface area contributed by atoms with E-state index in [1.54, 1.807) is 20.8 Å². The molecule has 35 heavy (non-hydrogen) atoms. The number of carboxylic acids is 1. The van der Waals surface area contributed by atoms with Gasteiger partial charge in [0, 0.05) is 30.6 Å². The lowest BCUT2D eigenvalue weighted by Gasteiger charge is -2.33. The van der Waals surface area contributed by atoms with Crippen LogP contribution in [0.1, 0.15) is 50.0 Å². The van der Waals surface area contributed by atoms with Crippen molar-refractivity contribution < 1.29 is 38.5 Å². The van der Waals surface area contributed by atoms with Crippen molar-refractivity contribution in [3.8, 4) is 0 Å². The highest BCUT2D eigenvalue weighted by atomic mass is 16.6. The number of ketones is 1. The van der Waals surface area contributed by atoms with Gasteiger partial charge in [0.15, 0.2) is 5.78 Å². The minimum absolute atomic E-state index is 0.0374. The summed E-state index contributed by atoms with van der Waals surface area (Å²) < 4.78 is 16.5. The van der Waals surface area contributed by atoms with Gasteiger partial charge in [-0.15, -0.1) is 0 Å². The third kappa shape index (κ3) is 7.31. The SMILES string of the molecule is CCC(=O)C(NC(=O)c1ccc(C(=N)N)cc1)(OC1CNCC1OCC(=O)OC(C)(C)C)C(=O)O. The normalized spacial score (nSPS) is 19.4. The molecule has 0 bridgehead atoms. The Hall–Kier alpha value is -3.35. The van der Waals surface area contributed by atoms with Crippen LogP contribution in [0.25, 0.3) is 0 Å². The van der Waals surface area contributed by atoms with Gasteiger partial charge in [-0.05, 0) is 32.9 Å². The number of nitrogens with one attached hydrogen (secondary N) is 3. The number of carbonyl (C=O) groups excluding carboxylic acids is 3. The maximum atomic E-state index is 12.9. The number of esters is 1. The zero-order valence-corrected chi connectivity index (χ0v) is 20.2. The van der Waals surface area contributed by atoms with Gasteiger partial charge in [0.25, 0.3) is 5.91 Å². The molecule has 12 heteroatoms. The molecule has 1 aliphatic rings. The molecule has 0 radical (unpaired) electrons. The third-order valence-corrected chi connectivity index (χ3v) is 5.03. The van der Waals surface area contributed by atoms with Crippen molar-refractivity contribution in [1.82, 2.24) is 10.6 Å². The summed E-state index contributed by atoms with van der Waals surface area (Å²) >= 11 is 0. The van der Waals surface area contributed by atoms with E-state index >= 15 is 0 Å². The molecule has 1 aromatic carbocycles. The Balaban J connectivity index is 2.22. The zero-order chi connectivity index (χ0) is 26.4. The van der Waals surface area contributed by atoms with E-state index in [0.29, 0.717) is 5.56 Å². The Morgan fingerprint density at radius 2 is 1.69 bits per heavy atom. The number of amides is 1. The Morgan fingerprint density at radius 3 is 2.20 bits per heavy atom. The van der Waals surface area contributed by atoms with Crippen LogP contribution in [0.15, 0.2) is 24.3 Å². The van der Waals surface area contributed by atoms with E-state index in [-0.39, 0.29) is 30.9 Å². The highest BCUT2D eigenvalue weighted by Crippen LogP contribution is 2.21. The van der Waals surface area contributed by atoms with Crippen LogP contribution >= 0.6 is 0 Å². The molecule has 1 amide bonds. The molecule has 6 N–H and O–H groups in total. The summed E-state index contributed by atoms with van der Waals surface area (Å²) in [6.07, 6.45) is -1.98. The lowest BCUT2D eigenvalue weighted by atomic mass is 10.0. The lowest BCUT2D eigenvalue weighted by Crippen LogP contribution is -2.64. The van der Waals surface area contributed by atoms with Crippen LogP contribution in [0.4, 0.5) is 0 Å². The molecule has 1 heterocycles. The van der Waals surface area contributed by atoms with Crippen LogP contribution in [0, 0.1) is 5.41 Å². The average Bonchev–Trinajstić information content (AvgIpc) is 3.21.